The fourth-order valence-corrected chi connectivity index (χ4v) is 1.99. The van der Waals surface area contributed by atoms with Crippen LogP contribution in [0.25, 0.3) is 6.08 Å². The lowest BCUT2D eigenvalue weighted by molar-refractivity contribution is -0.126. The Kier molecular flexibility index (Phi) is 3.81. The predicted molar refractivity (Wildman–Crippen MR) is 70.3 cm³/mol. The highest BCUT2D eigenvalue weighted by Gasteiger charge is 2.13. The maximum absolute atomic E-state index is 11.9. The summed E-state index contributed by atoms with van der Waals surface area (Å²) in [5.74, 6) is 0.113. The number of hydrogen-bond donors (Lipinski definition) is 1. The lowest BCUT2D eigenvalue weighted by atomic mass is 10.1. The first-order valence-corrected chi connectivity index (χ1v) is 6.08. The zero-order valence-corrected chi connectivity index (χ0v) is 9.93. The zero-order chi connectivity index (χ0) is 12.1. The van der Waals surface area contributed by atoms with E-state index >= 15 is 0 Å². The molecular weight excluding hydrogens is 212 g/mol. The maximum Gasteiger partial charge on any atom is 0.246 e. The van der Waals surface area contributed by atoms with Crippen LogP contribution in [0.15, 0.2) is 30.3 Å². The van der Waals surface area contributed by atoms with Crippen LogP contribution in [0.5, 0.6) is 0 Å². The lowest BCUT2D eigenvalue weighted by Crippen LogP contribution is -2.34. The Morgan fingerprint density at radius 3 is 2.41 bits per heavy atom. The first kappa shape index (κ1) is 11.7. The second kappa shape index (κ2) is 5.53. The van der Waals surface area contributed by atoms with E-state index in [1.807, 2.05) is 35.2 Å². The van der Waals surface area contributed by atoms with Gasteiger partial charge in [0.05, 0.1) is 0 Å². The number of carbonyl (C=O) groups is 1. The van der Waals surface area contributed by atoms with Gasteiger partial charge in [-0.3, -0.25) is 4.79 Å². The molecule has 3 nitrogen and oxygen atoms in total. The number of nitrogens with zero attached hydrogens (tertiary/aromatic N) is 1. The van der Waals surface area contributed by atoms with Gasteiger partial charge in [-0.2, -0.15) is 0 Å². The van der Waals surface area contributed by atoms with Crippen molar-refractivity contribution in [1.82, 2.24) is 4.90 Å². The summed E-state index contributed by atoms with van der Waals surface area (Å²) in [4.78, 5) is 13.8. The van der Waals surface area contributed by atoms with Crippen LogP contribution in [0.1, 0.15) is 24.8 Å². The molecule has 2 N–H and O–H groups in total. The number of hydrogen-bond acceptors (Lipinski definition) is 2. The molecule has 1 heterocycles. The Hall–Kier alpha value is -1.77. The number of anilines is 1. The average molecular weight is 230 g/mol. The van der Waals surface area contributed by atoms with Crippen molar-refractivity contribution in [3.63, 3.8) is 0 Å². The van der Waals surface area contributed by atoms with E-state index in [4.69, 9.17) is 5.73 Å². The minimum absolute atomic E-state index is 0.113. The Balaban J connectivity index is 1.95. The van der Waals surface area contributed by atoms with E-state index in [1.165, 1.54) is 6.42 Å². The van der Waals surface area contributed by atoms with Crippen molar-refractivity contribution in [2.24, 2.45) is 0 Å². The van der Waals surface area contributed by atoms with Crippen molar-refractivity contribution in [3.05, 3.63) is 35.9 Å². The molecule has 1 saturated heterocycles. The molecule has 2 rings (SSSR count). The largest absolute Gasteiger partial charge is 0.399 e. The smallest absolute Gasteiger partial charge is 0.246 e. The van der Waals surface area contributed by atoms with E-state index in [9.17, 15) is 4.79 Å². The SMILES string of the molecule is Nc1ccc(/C=C/C(=O)N2CCCCC2)cc1. The van der Waals surface area contributed by atoms with Gasteiger partial charge in [-0.15, -0.1) is 0 Å². The first-order valence-electron chi connectivity index (χ1n) is 6.08. The fraction of sp³-hybridized carbons (Fsp3) is 0.357. The van der Waals surface area contributed by atoms with Gasteiger partial charge in [-0.1, -0.05) is 12.1 Å². The monoisotopic (exact) mass is 230 g/mol. The van der Waals surface area contributed by atoms with E-state index in [-0.39, 0.29) is 5.91 Å². The highest BCUT2D eigenvalue weighted by molar-refractivity contribution is 5.91. The molecule has 1 amide bonds. The summed E-state index contributed by atoms with van der Waals surface area (Å²) in [5.41, 5.74) is 7.34. The van der Waals surface area contributed by atoms with E-state index in [0.29, 0.717) is 0 Å². The van der Waals surface area contributed by atoms with Crippen LogP contribution >= 0.6 is 0 Å². The molecule has 90 valence electrons. The normalized spacial score (nSPS) is 16.4. The van der Waals surface area contributed by atoms with Gasteiger partial charge in [0.25, 0.3) is 0 Å². The molecule has 3 heteroatoms. The topological polar surface area (TPSA) is 46.3 Å². The molecule has 0 radical (unpaired) electrons. The number of likely N-dealkylation sites (tertiary alicyclic amines) is 1. The van der Waals surface area contributed by atoms with Gasteiger partial charge in [-0.25, -0.2) is 0 Å². The Morgan fingerprint density at radius 1 is 1.12 bits per heavy atom. The second-order valence-corrected chi connectivity index (χ2v) is 4.39. The molecule has 0 aliphatic carbocycles. The third kappa shape index (κ3) is 3.34. The average Bonchev–Trinajstić information content (AvgIpc) is 2.39. The molecule has 0 saturated carbocycles. The van der Waals surface area contributed by atoms with Gasteiger partial charge in [0.2, 0.25) is 5.91 Å². The summed E-state index contributed by atoms with van der Waals surface area (Å²) in [5, 5.41) is 0. The number of benzene rings is 1. The highest BCUT2D eigenvalue weighted by Crippen LogP contribution is 2.11. The van der Waals surface area contributed by atoms with Crippen molar-refractivity contribution in [2.75, 3.05) is 18.8 Å². The molecule has 1 aliphatic heterocycles. The van der Waals surface area contributed by atoms with Gasteiger partial charge in [0.1, 0.15) is 0 Å². The summed E-state index contributed by atoms with van der Waals surface area (Å²) in [7, 11) is 0. The number of piperidine rings is 1. The Bertz CT molecular complexity index is 403. The van der Waals surface area contributed by atoms with Crippen molar-refractivity contribution < 1.29 is 4.79 Å². The van der Waals surface area contributed by atoms with Crippen LogP contribution < -0.4 is 5.73 Å². The number of nitrogens with two attached hydrogens (primary N) is 1. The van der Waals surface area contributed by atoms with Gasteiger partial charge in [-0.05, 0) is 43.0 Å². The molecule has 0 bridgehead atoms. The standard InChI is InChI=1S/C14H18N2O/c15-13-7-4-12(5-8-13)6-9-14(17)16-10-2-1-3-11-16/h4-9H,1-3,10-11,15H2/b9-6+. The van der Waals surface area contributed by atoms with Crippen LogP contribution in [0.4, 0.5) is 5.69 Å². The van der Waals surface area contributed by atoms with Gasteiger partial charge in [0, 0.05) is 24.9 Å². The summed E-state index contributed by atoms with van der Waals surface area (Å²) >= 11 is 0. The van der Waals surface area contributed by atoms with Crippen molar-refractivity contribution in [1.29, 1.82) is 0 Å². The number of nitrogen functional groups attached to an aromatic ring is 1. The van der Waals surface area contributed by atoms with E-state index in [2.05, 4.69) is 0 Å². The third-order valence-electron chi connectivity index (χ3n) is 3.02. The number of amides is 1. The summed E-state index contributed by atoms with van der Waals surface area (Å²) in [6.07, 6.45) is 6.99. The fourth-order valence-electron chi connectivity index (χ4n) is 1.99. The van der Waals surface area contributed by atoms with Gasteiger partial charge < -0.3 is 10.6 Å². The molecule has 1 fully saturated rings. The van der Waals surface area contributed by atoms with Gasteiger partial charge >= 0.3 is 0 Å². The van der Waals surface area contributed by atoms with Crippen LogP contribution in [-0.4, -0.2) is 23.9 Å². The Labute approximate surface area is 102 Å². The van der Waals surface area contributed by atoms with Crippen LogP contribution in [-0.2, 0) is 4.79 Å². The van der Waals surface area contributed by atoms with Crippen molar-refractivity contribution in [2.45, 2.75) is 19.3 Å². The van der Waals surface area contributed by atoms with E-state index < -0.39 is 0 Å². The molecule has 0 unspecified atom stereocenters. The van der Waals surface area contributed by atoms with E-state index in [0.717, 1.165) is 37.2 Å². The van der Waals surface area contributed by atoms with Crippen LogP contribution in [0, 0.1) is 0 Å². The summed E-state index contributed by atoms with van der Waals surface area (Å²) < 4.78 is 0. The summed E-state index contributed by atoms with van der Waals surface area (Å²) in [6, 6.07) is 7.50. The quantitative estimate of drug-likeness (QED) is 0.626. The third-order valence-corrected chi connectivity index (χ3v) is 3.02. The van der Waals surface area contributed by atoms with Gasteiger partial charge in [0.15, 0.2) is 0 Å². The molecule has 1 aliphatic rings. The number of carbonyl (C=O) groups excluding carboxylic acids is 1. The van der Waals surface area contributed by atoms with Crippen molar-refractivity contribution >= 4 is 17.7 Å². The first-order chi connectivity index (χ1) is 8.25. The zero-order valence-electron chi connectivity index (χ0n) is 9.93. The molecule has 1 aromatic carbocycles. The summed E-state index contributed by atoms with van der Waals surface area (Å²) in [6.45, 7) is 1.79. The lowest BCUT2D eigenvalue weighted by Gasteiger charge is -2.25. The van der Waals surface area contributed by atoms with Crippen molar-refractivity contribution in [3.8, 4) is 0 Å². The second-order valence-electron chi connectivity index (χ2n) is 4.39. The minimum atomic E-state index is 0.113. The molecule has 0 atom stereocenters. The van der Waals surface area contributed by atoms with E-state index in [1.54, 1.807) is 6.08 Å². The molecule has 17 heavy (non-hydrogen) atoms. The molecule has 0 spiro atoms. The van der Waals surface area contributed by atoms with Crippen LogP contribution in [0.3, 0.4) is 0 Å². The molecule has 0 aromatic heterocycles. The number of rotatable bonds is 2. The highest BCUT2D eigenvalue weighted by atomic mass is 16.2. The molecule has 1 aromatic rings. The van der Waals surface area contributed by atoms with Crippen LogP contribution in [0.2, 0.25) is 0 Å². The minimum Gasteiger partial charge on any atom is -0.399 e. The molecular formula is C14H18N2O. The predicted octanol–water partition coefficient (Wildman–Crippen LogP) is 2.29. The Morgan fingerprint density at radius 2 is 1.76 bits per heavy atom. The maximum atomic E-state index is 11.9.